The van der Waals surface area contributed by atoms with E-state index in [1.165, 1.54) is 12.1 Å². The van der Waals surface area contributed by atoms with Crippen LogP contribution in [-0.4, -0.2) is 45.5 Å². The number of benzene rings is 1. The van der Waals surface area contributed by atoms with Crippen LogP contribution in [0.15, 0.2) is 43.0 Å². The standard InChI is InChI=1S/C21H24FN3O3/c22-17-3-1-2-16(12-17)4-5-19(26)25-9-6-21(7-10-25)13-18(28-20(21)27)14-24-11-8-23-15-24/h1-3,8,11-12,15,18H,4-7,9-10,13-14H2. The maximum absolute atomic E-state index is 13.3. The number of piperidine rings is 1. The monoisotopic (exact) mass is 385 g/mol. The third kappa shape index (κ3) is 3.93. The molecule has 0 aliphatic carbocycles. The normalized spacial score (nSPS) is 21.1. The Balaban J connectivity index is 1.29. The molecule has 1 unspecified atom stereocenters. The number of amides is 1. The highest BCUT2D eigenvalue weighted by Crippen LogP contribution is 2.43. The van der Waals surface area contributed by atoms with Gasteiger partial charge in [-0.25, -0.2) is 9.37 Å². The first-order valence-electron chi connectivity index (χ1n) is 9.73. The van der Waals surface area contributed by atoms with Gasteiger partial charge in [-0.3, -0.25) is 9.59 Å². The van der Waals surface area contributed by atoms with Crippen LogP contribution < -0.4 is 0 Å². The summed E-state index contributed by atoms with van der Waals surface area (Å²) in [6.07, 6.45) is 7.98. The molecule has 0 saturated carbocycles. The minimum Gasteiger partial charge on any atom is -0.460 e. The lowest BCUT2D eigenvalue weighted by Gasteiger charge is -2.36. The number of aryl methyl sites for hydroxylation is 1. The number of aromatic nitrogens is 2. The molecule has 1 aromatic carbocycles. The quantitative estimate of drug-likeness (QED) is 0.742. The molecule has 1 amide bonds. The Morgan fingerprint density at radius 1 is 1.32 bits per heavy atom. The van der Waals surface area contributed by atoms with Crippen LogP contribution in [0.5, 0.6) is 0 Å². The Bertz CT molecular complexity index is 844. The van der Waals surface area contributed by atoms with E-state index in [1.54, 1.807) is 18.6 Å². The maximum Gasteiger partial charge on any atom is 0.312 e. The van der Waals surface area contributed by atoms with E-state index in [0.717, 1.165) is 5.56 Å². The highest BCUT2D eigenvalue weighted by atomic mass is 19.1. The van der Waals surface area contributed by atoms with E-state index in [2.05, 4.69) is 4.98 Å². The third-order valence-corrected chi connectivity index (χ3v) is 5.89. The van der Waals surface area contributed by atoms with E-state index in [0.29, 0.717) is 51.7 Å². The molecule has 0 radical (unpaired) electrons. The van der Waals surface area contributed by atoms with Crippen LogP contribution in [0.1, 0.15) is 31.2 Å². The zero-order chi connectivity index (χ0) is 19.6. The van der Waals surface area contributed by atoms with Gasteiger partial charge in [0.25, 0.3) is 0 Å². The highest BCUT2D eigenvalue weighted by molar-refractivity contribution is 5.80. The number of hydrogen-bond donors (Lipinski definition) is 0. The number of esters is 1. The number of carbonyl (C=O) groups excluding carboxylic acids is 2. The summed E-state index contributed by atoms with van der Waals surface area (Å²) >= 11 is 0. The summed E-state index contributed by atoms with van der Waals surface area (Å²) in [7, 11) is 0. The Morgan fingerprint density at radius 3 is 2.86 bits per heavy atom. The molecule has 2 fully saturated rings. The molecular formula is C21H24FN3O3. The predicted octanol–water partition coefficient (Wildman–Crippen LogP) is 2.58. The number of halogens is 1. The Kier molecular flexibility index (Phi) is 5.15. The zero-order valence-corrected chi connectivity index (χ0v) is 15.7. The number of imidazole rings is 1. The van der Waals surface area contributed by atoms with Crippen LogP contribution in [0, 0.1) is 11.2 Å². The molecule has 2 aliphatic heterocycles. The summed E-state index contributed by atoms with van der Waals surface area (Å²) in [6, 6.07) is 6.35. The summed E-state index contributed by atoms with van der Waals surface area (Å²) in [5.74, 6) is -0.361. The number of rotatable bonds is 5. The second-order valence-electron chi connectivity index (χ2n) is 7.78. The van der Waals surface area contributed by atoms with Gasteiger partial charge in [0.05, 0.1) is 18.3 Å². The van der Waals surface area contributed by atoms with Crippen molar-refractivity contribution in [2.24, 2.45) is 5.41 Å². The Labute approximate surface area is 163 Å². The fourth-order valence-electron chi connectivity index (χ4n) is 4.26. The smallest absolute Gasteiger partial charge is 0.312 e. The van der Waals surface area contributed by atoms with Crippen molar-refractivity contribution in [1.82, 2.24) is 14.5 Å². The Hall–Kier alpha value is -2.70. The van der Waals surface area contributed by atoms with Gasteiger partial charge in [-0.1, -0.05) is 12.1 Å². The first kappa shape index (κ1) is 18.7. The fourth-order valence-corrected chi connectivity index (χ4v) is 4.26. The van der Waals surface area contributed by atoms with E-state index in [9.17, 15) is 14.0 Å². The molecule has 2 aliphatic rings. The van der Waals surface area contributed by atoms with Crippen molar-refractivity contribution in [3.63, 3.8) is 0 Å². The average Bonchev–Trinajstić information content (AvgIpc) is 3.29. The molecule has 6 nitrogen and oxygen atoms in total. The molecule has 1 aromatic heterocycles. The van der Waals surface area contributed by atoms with Gasteiger partial charge in [-0.2, -0.15) is 0 Å². The minimum atomic E-state index is -0.468. The minimum absolute atomic E-state index is 0.0560. The van der Waals surface area contributed by atoms with Gasteiger partial charge in [0.15, 0.2) is 0 Å². The van der Waals surface area contributed by atoms with Crippen molar-refractivity contribution >= 4 is 11.9 Å². The molecule has 1 atom stereocenters. The van der Waals surface area contributed by atoms with Crippen LogP contribution in [0.2, 0.25) is 0 Å². The summed E-state index contributed by atoms with van der Waals surface area (Å²) in [6.45, 7) is 1.74. The van der Waals surface area contributed by atoms with Crippen molar-refractivity contribution < 1.29 is 18.7 Å². The molecular weight excluding hydrogens is 361 g/mol. The van der Waals surface area contributed by atoms with Gasteiger partial charge < -0.3 is 14.2 Å². The number of cyclic esters (lactones) is 1. The Morgan fingerprint density at radius 2 is 2.14 bits per heavy atom. The first-order chi connectivity index (χ1) is 13.5. The lowest BCUT2D eigenvalue weighted by molar-refractivity contribution is -0.152. The van der Waals surface area contributed by atoms with Crippen LogP contribution in [-0.2, 0) is 27.3 Å². The summed E-state index contributed by atoms with van der Waals surface area (Å²) < 4.78 is 20.8. The van der Waals surface area contributed by atoms with E-state index < -0.39 is 5.41 Å². The fraction of sp³-hybridized carbons (Fsp3) is 0.476. The molecule has 0 N–H and O–H groups in total. The topological polar surface area (TPSA) is 64.4 Å². The lowest BCUT2D eigenvalue weighted by atomic mass is 9.76. The number of ether oxygens (including phenoxy) is 1. The largest absolute Gasteiger partial charge is 0.460 e. The van der Waals surface area contributed by atoms with Gasteiger partial charge in [0.1, 0.15) is 11.9 Å². The molecule has 1 spiro atoms. The first-order valence-corrected chi connectivity index (χ1v) is 9.73. The van der Waals surface area contributed by atoms with Gasteiger partial charge in [-0.05, 0) is 37.0 Å². The van der Waals surface area contributed by atoms with Gasteiger partial charge in [-0.15, -0.1) is 0 Å². The molecule has 2 aromatic rings. The second-order valence-corrected chi connectivity index (χ2v) is 7.78. The van der Waals surface area contributed by atoms with E-state index in [4.69, 9.17) is 4.74 Å². The number of nitrogens with zero attached hydrogens (tertiary/aromatic N) is 3. The van der Waals surface area contributed by atoms with Crippen LogP contribution in [0.25, 0.3) is 0 Å². The van der Waals surface area contributed by atoms with Crippen molar-refractivity contribution in [1.29, 1.82) is 0 Å². The van der Waals surface area contributed by atoms with Gasteiger partial charge in [0, 0.05) is 38.3 Å². The second kappa shape index (κ2) is 7.73. The molecule has 4 rings (SSSR count). The van der Waals surface area contributed by atoms with Crippen molar-refractivity contribution in [2.75, 3.05) is 13.1 Å². The molecule has 7 heteroatoms. The third-order valence-electron chi connectivity index (χ3n) is 5.89. The maximum atomic E-state index is 13.3. The van der Waals surface area contributed by atoms with Crippen molar-refractivity contribution in [3.8, 4) is 0 Å². The van der Waals surface area contributed by atoms with E-state index in [1.807, 2.05) is 21.7 Å². The van der Waals surface area contributed by atoms with Crippen molar-refractivity contribution in [2.45, 2.75) is 44.8 Å². The molecule has 0 bridgehead atoms. The van der Waals surface area contributed by atoms with Crippen LogP contribution >= 0.6 is 0 Å². The summed E-state index contributed by atoms with van der Waals surface area (Å²) in [4.78, 5) is 30.9. The average molecular weight is 385 g/mol. The van der Waals surface area contributed by atoms with E-state index in [-0.39, 0.29) is 23.8 Å². The number of hydrogen-bond acceptors (Lipinski definition) is 4. The predicted molar refractivity (Wildman–Crippen MR) is 99.7 cm³/mol. The van der Waals surface area contributed by atoms with Crippen LogP contribution in [0.4, 0.5) is 4.39 Å². The summed E-state index contributed by atoms with van der Waals surface area (Å²) in [5, 5.41) is 0. The molecule has 148 valence electrons. The highest BCUT2D eigenvalue weighted by Gasteiger charge is 2.50. The molecule has 3 heterocycles. The SMILES string of the molecule is O=C(CCc1cccc(F)c1)N1CCC2(CC1)CC(Cn1ccnc1)OC2=O. The van der Waals surface area contributed by atoms with Gasteiger partial charge >= 0.3 is 5.97 Å². The van der Waals surface area contributed by atoms with Gasteiger partial charge in [0.2, 0.25) is 5.91 Å². The van der Waals surface area contributed by atoms with Crippen molar-refractivity contribution in [3.05, 3.63) is 54.4 Å². The lowest BCUT2D eigenvalue weighted by Crippen LogP contribution is -2.45. The summed E-state index contributed by atoms with van der Waals surface area (Å²) in [5.41, 5.74) is 0.355. The van der Waals surface area contributed by atoms with E-state index >= 15 is 0 Å². The molecule has 2 saturated heterocycles. The zero-order valence-electron chi connectivity index (χ0n) is 15.7. The number of likely N-dealkylation sites (tertiary alicyclic amines) is 1. The molecule has 28 heavy (non-hydrogen) atoms. The number of carbonyl (C=O) groups is 2. The van der Waals surface area contributed by atoms with Crippen LogP contribution in [0.3, 0.4) is 0 Å².